The molecule has 12 heavy (non-hydrogen) atoms. The van der Waals surface area contributed by atoms with Crippen LogP contribution in [0.25, 0.3) is 0 Å². The number of amides is 1. The number of hydrogen-bond acceptors (Lipinski definition) is 3. The molecule has 1 rings (SSSR count). The Bertz CT molecular complexity index is 202. The first-order chi connectivity index (χ1) is 5.65. The SMILES string of the molecule is CCOC(=O)C(=O)NC1CC1C. The lowest BCUT2D eigenvalue weighted by molar-refractivity contribution is -0.154. The molecule has 2 unspecified atom stereocenters. The van der Waals surface area contributed by atoms with Crippen molar-refractivity contribution in [3.05, 3.63) is 0 Å². The maximum atomic E-state index is 10.9. The molecule has 0 aromatic heterocycles. The predicted octanol–water partition coefficient (Wildman–Crippen LogP) is 0.0741. The molecule has 0 aliphatic heterocycles. The first-order valence-corrected chi connectivity index (χ1v) is 4.12. The Morgan fingerprint density at radius 2 is 2.17 bits per heavy atom. The minimum atomic E-state index is -0.781. The number of hydrogen-bond donors (Lipinski definition) is 1. The molecular weight excluding hydrogens is 158 g/mol. The number of ether oxygens (including phenoxy) is 1. The van der Waals surface area contributed by atoms with Gasteiger partial charge in [-0.05, 0) is 19.3 Å². The summed E-state index contributed by atoms with van der Waals surface area (Å²) in [7, 11) is 0. The summed E-state index contributed by atoms with van der Waals surface area (Å²) in [4.78, 5) is 21.7. The minimum absolute atomic E-state index is 0.182. The molecule has 68 valence electrons. The molecule has 0 saturated heterocycles. The van der Waals surface area contributed by atoms with Gasteiger partial charge in [-0.25, -0.2) is 4.79 Å². The van der Waals surface area contributed by atoms with Crippen molar-refractivity contribution in [2.24, 2.45) is 5.92 Å². The van der Waals surface area contributed by atoms with Gasteiger partial charge in [-0.3, -0.25) is 4.79 Å². The molecule has 0 radical (unpaired) electrons. The average Bonchev–Trinajstić information content (AvgIpc) is 2.67. The van der Waals surface area contributed by atoms with Crippen LogP contribution in [0, 0.1) is 5.92 Å². The van der Waals surface area contributed by atoms with Crippen molar-refractivity contribution in [2.75, 3.05) is 6.61 Å². The number of carbonyl (C=O) groups is 2. The Kier molecular flexibility index (Phi) is 2.68. The highest BCUT2D eigenvalue weighted by Crippen LogP contribution is 2.28. The zero-order valence-corrected chi connectivity index (χ0v) is 7.29. The molecule has 4 nitrogen and oxygen atoms in total. The van der Waals surface area contributed by atoms with E-state index in [-0.39, 0.29) is 12.6 Å². The van der Waals surface area contributed by atoms with Gasteiger partial charge in [0.2, 0.25) is 0 Å². The lowest BCUT2D eigenvalue weighted by Gasteiger charge is -2.01. The lowest BCUT2D eigenvalue weighted by Crippen LogP contribution is -2.34. The highest BCUT2D eigenvalue weighted by Gasteiger charge is 2.35. The highest BCUT2D eigenvalue weighted by atomic mass is 16.5. The van der Waals surface area contributed by atoms with E-state index in [0.717, 1.165) is 6.42 Å². The van der Waals surface area contributed by atoms with Crippen LogP contribution in [-0.2, 0) is 14.3 Å². The summed E-state index contributed by atoms with van der Waals surface area (Å²) < 4.78 is 4.52. The topological polar surface area (TPSA) is 55.4 Å². The highest BCUT2D eigenvalue weighted by molar-refractivity contribution is 6.32. The molecule has 0 aromatic rings. The van der Waals surface area contributed by atoms with Gasteiger partial charge in [0.25, 0.3) is 0 Å². The quantitative estimate of drug-likeness (QED) is 0.472. The van der Waals surface area contributed by atoms with E-state index >= 15 is 0 Å². The normalized spacial score (nSPS) is 26.2. The monoisotopic (exact) mass is 171 g/mol. The van der Waals surface area contributed by atoms with Crippen molar-refractivity contribution >= 4 is 11.9 Å². The van der Waals surface area contributed by atoms with Crippen LogP contribution in [0.15, 0.2) is 0 Å². The molecule has 1 aliphatic carbocycles. The number of nitrogens with one attached hydrogen (secondary N) is 1. The lowest BCUT2D eigenvalue weighted by atomic mass is 10.4. The second-order valence-corrected chi connectivity index (χ2v) is 3.01. The molecule has 0 heterocycles. The Hall–Kier alpha value is -1.06. The third-order valence-electron chi connectivity index (χ3n) is 1.89. The maximum absolute atomic E-state index is 10.9. The van der Waals surface area contributed by atoms with Crippen molar-refractivity contribution < 1.29 is 14.3 Å². The predicted molar refractivity (Wildman–Crippen MR) is 42.3 cm³/mol. The van der Waals surface area contributed by atoms with Crippen LogP contribution in [0.4, 0.5) is 0 Å². The summed E-state index contributed by atoms with van der Waals surface area (Å²) in [5.74, 6) is -0.897. The van der Waals surface area contributed by atoms with Crippen LogP contribution in [0.1, 0.15) is 20.3 Å². The van der Waals surface area contributed by atoms with E-state index in [1.54, 1.807) is 6.92 Å². The molecular formula is C8H13NO3. The Labute approximate surface area is 71.3 Å². The molecule has 1 fully saturated rings. The van der Waals surface area contributed by atoms with Crippen molar-refractivity contribution in [1.82, 2.24) is 5.32 Å². The van der Waals surface area contributed by atoms with Crippen molar-refractivity contribution in [1.29, 1.82) is 0 Å². The van der Waals surface area contributed by atoms with Crippen molar-refractivity contribution in [3.8, 4) is 0 Å². The molecule has 4 heteroatoms. The van der Waals surface area contributed by atoms with E-state index in [0.29, 0.717) is 5.92 Å². The van der Waals surface area contributed by atoms with E-state index in [1.807, 2.05) is 6.92 Å². The molecule has 0 bridgehead atoms. The van der Waals surface area contributed by atoms with Crippen LogP contribution >= 0.6 is 0 Å². The van der Waals surface area contributed by atoms with Gasteiger partial charge < -0.3 is 10.1 Å². The van der Waals surface area contributed by atoms with Crippen molar-refractivity contribution in [2.45, 2.75) is 26.3 Å². The standard InChI is InChI=1S/C8H13NO3/c1-3-12-8(11)7(10)9-6-4-5(6)2/h5-6H,3-4H2,1-2H3,(H,9,10). The Balaban J connectivity index is 2.23. The number of rotatable bonds is 2. The van der Waals surface area contributed by atoms with Crippen LogP contribution in [-0.4, -0.2) is 24.5 Å². The van der Waals surface area contributed by atoms with Gasteiger partial charge in [0.1, 0.15) is 0 Å². The number of esters is 1. The van der Waals surface area contributed by atoms with Crippen molar-refractivity contribution in [3.63, 3.8) is 0 Å². The fourth-order valence-electron chi connectivity index (χ4n) is 0.947. The zero-order chi connectivity index (χ0) is 9.14. The van der Waals surface area contributed by atoms with E-state index in [2.05, 4.69) is 10.1 Å². The van der Waals surface area contributed by atoms with Gasteiger partial charge in [-0.15, -0.1) is 0 Å². The van der Waals surface area contributed by atoms with Gasteiger partial charge in [0.05, 0.1) is 6.61 Å². The third kappa shape index (κ3) is 2.22. The van der Waals surface area contributed by atoms with Gasteiger partial charge in [0, 0.05) is 6.04 Å². The van der Waals surface area contributed by atoms with E-state index in [1.165, 1.54) is 0 Å². The van der Waals surface area contributed by atoms with E-state index < -0.39 is 11.9 Å². The van der Waals surface area contributed by atoms with Gasteiger partial charge in [0.15, 0.2) is 0 Å². The molecule has 2 atom stereocenters. The first-order valence-electron chi connectivity index (χ1n) is 4.12. The maximum Gasteiger partial charge on any atom is 0.396 e. The minimum Gasteiger partial charge on any atom is -0.459 e. The fourth-order valence-corrected chi connectivity index (χ4v) is 0.947. The van der Waals surface area contributed by atoms with Gasteiger partial charge in [-0.2, -0.15) is 0 Å². The second-order valence-electron chi connectivity index (χ2n) is 3.01. The second kappa shape index (κ2) is 3.56. The Morgan fingerprint density at radius 1 is 1.58 bits per heavy atom. The van der Waals surface area contributed by atoms with Gasteiger partial charge >= 0.3 is 11.9 Å². The van der Waals surface area contributed by atoms with E-state index in [9.17, 15) is 9.59 Å². The Morgan fingerprint density at radius 3 is 2.58 bits per heavy atom. The largest absolute Gasteiger partial charge is 0.459 e. The van der Waals surface area contributed by atoms with Crippen LogP contribution in [0.2, 0.25) is 0 Å². The van der Waals surface area contributed by atoms with Crippen LogP contribution < -0.4 is 5.32 Å². The van der Waals surface area contributed by atoms with Crippen LogP contribution in [0.3, 0.4) is 0 Å². The summed E-state index contributed by atoms with van der Waals surface area (Å²) in [5, 5.41) is 2.57. The summed E-state index contributed by atoms with van der Waals surface area (Å²) in [5.41, 5.74) is 0. The van der Waals surface area contributed by atoms with Gasteiger partial charge in [-0.1, -0.05) is 6.92 Å². The molecule has 0 aromatic carbocycles. The first kappa shape index (κ1) is 9.03. The summed E-state index contributed by atoms with van der Waals surface area (Å²) in [6.45, 7) is 3.94. The molecule has 1 saturated carbocycles. The third-order valence-corrected chi connectivity index (χ3v) is 1.89. The number of carbonyl (C=O) groups excluding carboxylic acids is 2. The zero-order valence-electron chi connectivity index (χ0n) is 7.29. The molecule has 0 spiro atoms. The summed E-state index contributed by atoms with van der Waals surface area (Å²) in [6.07, 6.45) is 0.963. The molecule has 1 amide bonds. The smallest absolute Gasteiger partial charge is 0.396 e. The van der Waals surface area contributed by atoms with Crippen LogP contribution in [0.5, 0.6) is 0 Å². The molecule has 1 N–H and O–H groups in total. The summed E-state index contributed by atoms with van der Waals surface area (Å²) >= 11 is 0. The summed E-state index contributed by atoms with van der Waals surface area (Å²) in [6, 6.07) is 0.182. The average molecular weight is 171 g/mol. The molecule has 1 aliphatic rings. The van der Waals surface area contributed by atoms with E-state index in [4.69, 9.17) is 0 Å². The fraction of sp³-hybridized carbons (Fsp3) is 0.750.